The van der Waals surface area contributed by atoms with Crippen molar-refractivity contribution in [2.75, 3.05) is 0 Å². The quantitative estimate of drug-likeness (QED) is 0.895. The Balaban J connectivity index is 2.20. The number of aromatic nitrogens is 1. The van der Waals surface area contributed by atoms with Crippen LogP contribution in [0, 0.1) is 6.92 Å². The van der Waals surface area contributed by atoms with E-state index in [1.54, 1.807) is 0 Å². The molecule has 94 valence electrons. The number of hydrogen-bond donors (Lipinski definition) is 1. The molecule has 2 N–H and O–H groups in total. The molecule has 0 saturated carbocycles. The van der Waals surface area contributed by atoms with E-state index in [4.69, 9.17) is 10.5 Å². The van der Waals surface area contributed by atoms with Crippen molar-refractivity contribution in [1.29, 1.82) is 0 Å². The summed E-state index contributed by atoms with van der Waals surface area (Å²) in [5, 5.41) is 0. The van der Waals surface area contributed by atoms with Crippen LogP contribution in [0.5, 0.6) is 11.6 Å². The molecule has 0 unspecified atom stereocenters. The van der Waals surface area contributed by atoms with E-state index in [1.165, 1.54) is 5.56 Å². The lowest BCUT2D eigenvalue weighted by molar-refractivity contribution is 0.460. The van der Waals surface area contributed by atoms with E-state index >= 15 is 0 Å². The Morgan fingerprint density at radius 3 is 2.72 bits per heavy atom. The lowest BCUT2D eigenvalue weighted by Crippen LogP contribution is -2.01. The number of benzene rings is 1. The van der Waals surface area contributed by atoms with Crippen LogP contribution >= 0.6 is 0 Å². The first kappa shape index (κ1) is 12.6. The van der Waals surface area contributed by atoms with Crippen LogP contribution in [0.4, 0.5) is 0 Å². The maximum atomic E-state index is 5.75. The molecule has 0 fully saturated rings. The fraction of sp³-hybridized carbons (Fsp3) is 0.267. The molecule has 0 spiro atoms. The summed E-state index contributed by atoms with van der Waals surface area (Å²) in [7, 11) is 0. The third-order valence-corrected chi connectivity index (χ3v) is 2.92. The van der Waals surface area contributed by atoms with E-state index in [9.17, 15) is 0 Å². The Hall–Kier alpha value is -1.87. The van der Waals surface area contributed by atoms with Gasteiger partial charge in [0.25, 0.3) is 0 Å². The monoisotopic (exact) mass is 242 g/mol. The first-order valence-electron chi connectivity index (χ1n) is 6.16. The van der Waals surface area contributed by atoms with Gasteiger partial charge in [0.1, 0.15) is 5.75 Å². The summed E-state index contributed by atoms with van der Waals surface area (Å²) in [4.78, 5) is 4.39. The van der Waals surface area contributed by atoms with Gasteiger partial charge in [0.2, 0.25) is 5.88 Å². The summed E-state index contributed by atoms with van der Waals surface area (Å²) in [6.07, 6.45) is 0.996. The van der Waals surface area contributed by atoms with Crippen LogP contribution in [0.1, 0.15) is 23.7 Å². The SMILES string of the molecule is CCc1cccc(Oc2ccc(CN)c(C)n2)c1. The standard InChI is InChI=1S/C15H18N2O/c1-3-12-5-4-6-14(9-12)18-15-8-7-13(10-16)11(2)17-15/h4-9H,3,10,16H2,1-2H3. The Labute approximate surface area is 108 Å². The van der Waals surface area contributed by atoms with Crippen LogP contribution in [0.25, 0.3) is 0 Å². The minimum atomic E-state index is 0.504. The van der Waals surface area contributed by atoms with Gasteiger partial charge in [-0.25, -0.2) is 4.98 Å². The van der Waals surface area contributed by atoms with Crippen molar-refractivity contribution < 1.29 is 4.74 Å². The van der Waals surface area contributed by atoms with Gasteiger partial charge in [-0.05, 0) is 36.6 Å². The maximum Gasteiger partial charge on any atom is 0.219 e. The van der Waals surface area contributed by atoms with Crippen LogP contribution in [0.3, 0.4) is 0 Å². The van der Waals surface area contributed by atoms with Crippen molar-refractivity contribution in [3.05, 3.63) is 53.2 Å². The number of pyridine rings is 1. The zero-order valence-corrected chi connectivity index (χ0v) is 10.8. The van der Waals surface area contributed by atoms with Gasteiger partial charge in [0.05, 0.1) is 0 Å². The summed E-state index contributed by atoms with van der Waals surface area (Å²) in [6, 6.07) is 11.9. The third kappa shape index (κ3) is 2.87. The molecule has 1 heterocycles. The number of aryl methyl sites for hydroxylation is 2. The van der Waals surface area contributed by atoms with Gasteiger partial charge in [-0.1, -0.05) is 25.1 Å². The van der Waals surface area contributed by atoms with Crippen LogP contribution in [-0.2, 0) is 13.0 Å². The second-order valence-corrected chi connectivity index (χ2v) is 4.20. The zero-order valence-electron chi connectivity index (χ0n) is 10.8. The van der Waals surface area contributed by atoms with Crippen molar-refractivity contribution >= 4 is 0 Å². The van der Waals surface area contributed by atoms with E-state index in [-0.39, 0.29) is 0 Å². The number of nitrogens with two attached hydrogens (primary N) is 1. The average molecular weight is 242 g/mol. The Bertz CT molecular complexity index is 538. The van der Waals surface area contributed by atoms with Gasteiger partial charge in [-0.3, -0.25) is 0 Å². The van der Waals surface area contributed by atoms with Gasteiger partial charge in [-0.15, -0.1) is 0 Å². The smallest absolute Gasteiger partial charge is 0.219 e. The molecule has 0 atom stereocenters. The zero-order chi connectivity index (χ0) is 13.0. The van der Waals surface area contributed by atoms with Gasteiger partial charge in [0.15, 0.2) is 0 Å². The molecular weight excluding hydrogens is 224 g/mol. The van der Waals surface area contributed by atoms with Crippen molar-refractivity contribution in [1.82, 2.24) is 4.98 Å². The third-order valence-electron chi connectivity index (χ3n) is 2.92. The summed E-state index contributed by atoms with van der Waals surface area (Å²) >= 11 is 0. The van der Waals surface area contributed by atoms with Crippen LogP contribution in [0.2, 0.25) is 0 Å². The molecule has 1 aromatic carbocycles. The number of hydrogen-bond acceptors (Lipinski definition) is 3. The van der Waals surface area contributed by atoms with Gasteiger partial charge in [0, 0.05) is 18.3 Å². The molecule has 18 heavy (non-hydrogen) atoms. The highest BCUT2D eigenvalue weighted by Crippen LogP contribution is 2.21. The summed E-state index contributed by atoms with van der Waals surface area (Å²) in [5.74, 6) is 1.43. The van der Waals surface area contributed by atoms with Gasteiger partial charge < -0.3 is 10.5 Å². The Morgan fingerprint density at radius 1 is 1.22 bits per heavy atom. The van der Waals surface area contributed by atoms with Crippen molar-refractivity contribution in [3.63, 3.8) is 0 Å². The fourth-order valence-electron chi connectivity index (χ4n) is 1.79. The number of rotatable bonds is 4. The first-order valence-corrected chi connectivity index (χ1v) is 6.16. The van der Waals surface area contributed by atoms with Crippen LogP contribution in [0.15, 0.2) is 36.4 Å². The van der Waals surface area contributed by atoms with Gasteiger partial charge in [-0.2, -0.15) is 0 Å². The molecule has 3 heteroatoms. The second kappa shape index (κ2) is 5.65. The second-order valence-electron chi connectivity index (χ2n) is 4.20. The topological polar surface area (TPSA) is 48.1 Å². The van der Waals surface area contributed by atoms with E-state index in [0.717, 1.165) is 23.4 Å². The fourth-order valence-corrected chi connectivity index (χ4v) is 1.79. The van der Waals surface area contributed by atoms with E-state index < -0.39 is 0 Å². The number of nitrogens with zero attached hydrogens (tertiary/aromatic N) is 1. The van der Waals surface area contributed by atoms with E-state index in [1.807, 2.05) is 37.3 Å². The molecule has 1 aromatic heterocycles. The summed E-state index contributed by atoms with van der Waals surface area (Å²) < 4.78 is 5.75. The molecule has 0 amide bonds. The highest BCUT2D eigenvalue weighted by molar-refractivity contribution is 5.33. The lowest BCUT2D eigenvalue weighted by Gasteiger charge is -2.08. The summed E-state index contributed by atoms with van der Waals surface area (Å²) in [6.45, 7) is 4.57. The Kier molecular flexibility index (Phi) is 3.95. The largest absolute Gasteiger partial charge is 0.439 e. The van der Waals surface area contributed by atoms with Crippen molar-refractivity contribution in [3.8, 4) is 11.6 Å². The Morgan fingerprint density at radius 2 is 2.06 bits per heavy atom. The highest BCUT2D eigenvalue weighted by atomic mass is 16.5. The van der Waals surface area contributed by atoms with Crippen LogP contribution in [-0.4, -0.2) is 4.98 Å². The van der Waals surface area contributed by atoms with E-state index in [0.29, 0.717) is 12.4 Å². The lowest BCUT2D eigenvalue weighted by atomic mass is 10.2. The predicted octanol–water partition coefficient (Wildman–Crippen LogP) is 3.20. The highest BCUT2D eigenvalue weighted by Gasteiger charge is 2.03. The molecule has 0 saturated heterocycles. The normalized spacial score (nSPS) is 10.4. The maximum absolute atomic E-state index is 5.75. The average Bonchev–Trinajstić information content (AvgIpc) is 2.39. The molecule has 0 aliphatic carbocycles. The molecule has 0 aliphatic rings. The van der Waals surface area contributed by atoms with Crippen molar-refractivity contribution in [2.24, 2.45) is 5.73 Å². The van der Waals surface area contributed by atoms with Crippen LogP contribution < -0.4 is 10.5 Å². The van der Waals surface area contributed by atoms with Gasteiger partial charge >= 0.3 is 0 Å². The molecule has 3 nitrogen and oxygen atoms in total. The summed E-state index contributed by atoms with van der Waals surface area (Å²) in [5.41, 5.74) is 8.83. The molecular formula is C15H18N2O. The minimum Gasteiger partial charge on any atom is -0.439 e. The molecule has 0 aliphatic heterocycles. The number of ether oxygens (including phenoxy) is 1. The minimum absolute atomic E-state index is 0.504. The van der Waals surface area contributed by atoms with Crippen molar-refractivity contribution in [2.45, 2.75) is 26.8 Å². The molecule has 2 aromatic rings. The molecule has 0 bridgehead atoms. The molecule has 2 rings (SSSR count). The van der Waals surface area contributed by atoms with E-state index in [2.05, 4.69) is 18.0 Å². The molecule has 0 radical (unpaired) electrons. The first-order chi connectivity index (χ1) is 8.72. The predicted molar refractivity (Wildman–Crippen MR) is 72.8 cm³/mol.